The molecule has 0 fully saturated rings. The maximum absolute atomic E-state index is 12.5. The number of thiazole rings is 2. The second-order valence-corrected chi connectivity index (χ2v) is 8.61. The summed E-state index contributed by atoms with van der Waals surface area (Å²) < 4.78 is 5.38. The third-order valence-electron chi connectivity index (χ3n) is 4.64. The van der Waals surface area contributed by atoms with Crippen molar-refractivity contribution in [1.29, 1.82) is 0 Å². The van der Waals surface area contributed by atoms with Crippen LogP contribution in [-0.2, 0) is 6.42 Å². The molecule has 7 heteroatoms. The minimum Gasteiger partial charge on any atom is -0.496 e. The van der Waals surface area contributed by atoms with Gasteiger partial charge in [0.15, 0.2) is 0 Å². The molecule has 1 amide bonds. The van der Waals surface area contributed by atoms with Crippen LogP contribution in [0.25, 0.3) is 21.8 Å². The van der Waals surface area contributed by atoms with Gasteiger partial charge < -0.3 is 10.1 Å². The summed E-state index contributed by atoms with van der Waals surface area (Å²) in [5.74, 6) is 0.581. The average molecular weight is 436 g/mol. The van der Waals surface area contributed by atoms with Gasteiger partial charge in [0.1, 0.15) is 16.5 Å². The quantitative estimate of drug-likeness (QED) is 0.432. The molecule has 0 saturated carbocycles. The Bertz CT molecular complexity index is 1150. The van der Waals surface area contributed by atoms with Gasteiger partial charge in [-0.3, -0.25) is 4.79 Å². The van der Waals surface area contributed by atoms with Gasteiger partial charge in [-0.1, -0.05) is 36.4 Å². The van der Waals surface area contributed by atoms with E-state index in [1.165, 1.54) is 16.9 Å². The van der Waals surface area contributed by atoms with E-state index in [2.05, 4.69) is 44.9 Å². The number of nitrogens with zero attached hydrogens (tertiary/aromatic N) is 2. The van der Waals surface area contributed by atoms with Crippen molar-refractivity contribution in [2.45, 2.75) is 13.3 Å². The molecule has 0 bridgehead atoms. The van der Waals surface area contributed by atoms with E-state index in [9.17, 15) is 4.79 Å². The fraction of sp³-hybridized carbons (Fsp3) is 0.174. The maximum atomic E-state index is 12.5. The number of hydrogen-bond acceptors (Lipinski definition) is 6. The molecule has 0 saturated heterocycles. The highest BCUT2D eigenvalue weighted by molar-refractivity contribution is 7.13. The molecule has 0 atom stereocenters. The lowest BCUT2D eigenvalue weighted by Crippen LogP contribution is -2.25. The summed E-state index contributed by atoms with van der Waals surface area (Å²) in [4.78, 5) is 21.5. The van der Waals surface area contributed by atoms with E-state index in [0.29, 0.717) is 12.2 Å². The second kappa shape index (κ2) is 9.19. The first kappa shape index (κ1) is 20.3. The number of aryl methyl sites for hydroxylation is 1. The zero-order valence-corrected chi connectivity index (χ0v) is 18.3. The van der Waals surface area contributed by atoms with E-state index in [1.807, 2.05) is 31.2 Å². The number of aromatic nitrogens is 2. The van der Waals surface area contributed by atoms with Crippen LogP contribution in [0, 0.1) is 6.92 Å². The molecule has 2 heterocycles. The maximum Gasteiger partial charge on any atom is 0.270 e. The summed E-state index contributed by atoms with van der Waals surface area (Å²) in [6, 6.07) is 16.0. The molecule has 0 aliphatic carbocycles. The first-order valence-electron chi connectivity index (χ1n) is 9.52. The van der Waals surface area contributed by atoms with E-state index >= 15 is 0 Å². The van der Waals surface area contributed by atoms with Crippen LogP contribution in [-0.4, -0.2) is 29.5 Å². The predicted octanol–water partition coefficient (Wildman–Crippen LogP) is 5.22. The van der Waals surface area contributed by atoms with Crippen LogP contribution in [0.4, 0.5) is 0 Å². The molecule has 2 aromatic heterocycles. The second-order valence-electron chi connectivity index (χ2n) is 6.69. The van der Waals surface area contributed by atoms with Crippen LogP contribution in [0.2, 0.25) is 0 Å². The zero-order chi connectivity index (χ0) is 20.9. The number of rotatable bonds is 7. The van der Waals surface area contributed by atoms with E-state index in [-0.39, 0.29) is 5.91 Å². The van der Waals surface area contributed by atoms with Gasteiger partial charge in [-0.2, -0.15) is 0 Å². The van der Waals surface area contributed by atoms with Crippen LogP contribution in [0.5, 0.6) is 5.75 Å². The van der Waals surface area contributed by atoms with Crippen LogP contribution >= 0.6 is 22.7 Å². The molecule has 0 aliphatic rings. The molecule has 30 heavy (non-hydrogen) atoms. The largest absolute Gasteiger partial charge is 0.496 e. The first-order valence-corrected chi connectivity index (χ1v) is 11.3. The Morgan fingerprint density at radius 2 is 1.83 bits per heavy atom. The summed E-state index contributed by atoms with van der Waals surface area (Å²) in [7, 11) is 1.63. The monoisotopic (exact) mass is 435 g/mol. The molecule has 0 spiro atoms. The molecule has 0 aliphatic heterocycles. The molecule has 5 nitrogen and oxygen atoms in total. The van der Waals surface area contributed by atoms with Gasteiger partial charge >= 0.3 is 0 Å². The minimum absolute atomic E-state index is 0.165. The molecule has 0 unspecified atom stereocenters. The summed E-state index contributed by atoms with van der Waals surface area (Å²) in [5.41, 5.74) is 4.60. The number of carbonyl (C=O) groups is 1. The third kappa shape index (κ3) is 4.58. The topological polar surface area (TPSA) is 64.1 Å². The van der Waals surface area contributed by atoms with Gasteiger partial charge in [0.2, 0.25) is 0 Å². The van der Waals surface area contributed by atoms with Crippen molar-refractivity contribution in [3.8, 4) is 27.6 Å². The Morgan fingerprint density at radius 3 is 2.57 bits per heavy atom. The van der Waals surface area contributed by atoms with Crippen LogP contribution in [0.3, 0.4) is 0 Å². The summed E-state index contributed by atoms with van der Waals surface area (Å²) in [5, 5.41) is 8.63. The lowest BCUT2D eigenvalue weighted by molar-refractivity contribution is 0.0950. The first-order chi connectivity index (χ1) is 14.6. The molecule has 0 radical (unpaired) electrons. The number of carbonyl (C=O) groups excluding carboxylic acids is 1. The van der Waals surface area contributed by atoms with Crippen molar-refractivity contribution in [2.24, 2.45) is 0 Å². The number of hydrogen-bond donors (Lipinski definition) is 1. The van der Waals surface area contributed by atoms with Gasteiger partial charge in [0, 0.05) is 22.9 Å². The predicted molar refractivity (Wildman–Crippen MR) is 122 cm³/mol. The zero-order valence-electron chi connectivity index (χ0n) is 16.7. The molecule has 2 aromatic carbocycles. The number of benzene rings is 2. The molecule has 152 valence electrons. The fourth-order valence-electron chi connectivity index (χ4n) is 3.07. The molecule has 1 N–H and O–H groups in total. The number of para-hydroxylation sites is 1. The summed E-state index contributed by atoms with van der Waals surface area (Å²) in [6.45, 7) is 2.56. The van der Waals surface area contributed by atoms with Crippen molar-refractivity contribution in [2.75, 3.05) is 13.7 Å². The third-order valence-corrected chi connectivity index (χ3v) is 6.29. The molecule has 4 aromatic rings. The van der Waals surface area contributed by atoms with Gasteiger partial charge in [-0.15, -0.1) is 22.7 Å². The van der Waals surface area contributed by atoms with E-state index in [1.54, 1.807) is 23.8 Å². The Morgan fingerprint density at radius 1 is 1.03 bits per heavy atom. The van der Waals surface area contributed by atoms with Crippen molar-refractivity contribution in [3.05, 3.63) is 75.6 Å². The van der Waals surface area contributed by atoms with Crippen molar-refractivity contribution in [3.63, 3.8) is 0 Å². The minimum atomic E-state index is -0.165. The van der Waals surface area contributed by atoms with Crippen LogP contribution in [0.1, 0.15) is 21.1 Å². The van der Waals surface area contributed by atoms with Gasteiger partial charge in [0.25, 0.3) is 5.91 Å². The van der Waals surface area contributed by atoms with Gasteiger partial charge in [-0.05, 0) is 31.0 Å². The van der Waals surface area contributed by atoms with Crippen molar-refractivity contribution < 1.29 is 9.53 Å². The van der Waals surface area contributed by atoms with E-state index < -0.39 is 0 Å². The SMILES string of the molecule is COc1ccccc1-c1nc(C(=O)NCCc2ccc(-c3csc(C)n3)cc2)cs1. The smallest absolute Gasteiger partial charge is 0.270 e. The Hall–Kier alpha value is -3.03. The molecular formula is C23H21N3O2S2. The number of methoxy groups -OCH3 is 1. The Kier molecular flexibility index (Phi) is 6.21. The summed E-state index contributed by atoms with van der Waals surface area (Å²) in [6.07, 6.45) is 0.756. The normalized spacial score (nSPS) is 10.7. The van der Waals surface area contributed by atoms with Crippen LogP contribution < -0.4 is 10.1 Å². The number of ether oxygens (including phenoxy) is 1. The lowest BCUT2D eigenvalue weighted by Gasteiger charge is -2.05. The van der Waals surface area contributed by atoms with E-state index in [0.717, 1.165) is 39.0 Å². The highest BCUT2D eigenvalue weighted by atomic mass is 32.1. The lowest BCUT2D eigenvalue weighted by atomic mass is 10.1. The highest BCUT2D eigenvalue weighted by Crippen LogP contribution is 2.31. The highest BCUT2D eigenvalue weighted by Gasteiger charge is 2.14. The molecular weight excluding hydrogens is 414 g/mol. The molecule has 4 rings (SSSR count). The number of amides is 1. The number of nitrogens with one attached hydrogen (secondary N) is 1. The van der Waals surface area contributed by atoms with Gasteiger partial charge in [0.05, 0.1) is 23.4 Å². The van der Waals surface area contributed by atoms with Crippen molar-refractivity contribution in [1.82, 2.24) is 15.3 Å². The van der Waals surface area contributed by atoms with E-state index in [4.69, 9.17) is 4.74 Å². The Labute approximate surface area is 183 Å². The van der Waals surface area contributed by atoms with Gasteiger partial charge in [-0.25, -0.2) is 9.97 Å². The summed E-state index contributed by atoms with van der Waals surface area (Å²) >= 11 is 3.08. The standard InChI is InChI=1S/C23H21N3O2S2/c1-15-25-19(13-29-15)17-9-7-16(8-10-17)11-12-24-22(27)20-14-30-23(26-20)18-5-3-4-6-21(18)28-2/h3-10,13-14H,11-12H2,1-2H3,(H,24,27). The average Bonchev–Trinajstić information content (AvgIpc) is 3.44. The van der Waals surface area contributed by atoms with Crippen LogP contribution in [0.15, 0.2) is 59.3 Å². The Balaban J connectivity index is 1.34. The fourth-order valence-corrected chi connectivity index (χ4v) is 4.52. The van der Waals surface area contributed by atoms with Crippen molar-refractivity contribution >= 4 is 28.6 Å².